The number of hydrogen-bond donors (Lipinski definition) is 3. The maximum atomic E-state index is 12.5. The predicted octanol–water partition coefficient (Wildman–Crippen LogP) is 2.70. The maximum Gasteiger partial charge on any atom is 0.255 e. The van der Waals surface area contributed by atoms with Crippen molar-refractivity contribution in [2.75, 3.05) is 12.8 Å². The SMILES string of the molecule is CC(CNC(=O)c1ccccc1O)(CC(O)c1cc(-c2ccccc2)no1)S(C)(=O)=O. The molecule has 1 heterocycles. The number of carbonyl (C=O) groups is 1. The van der Waals surface area contributed by atoms with Crippen molar-refractivity contribution in [3.8, 4) is 17.0 Å². The van der Waals surface area contributed by atoms with E-state index in [-0.39, 0.29) is 30.0 Å². The van der Waals surface area contributed by atoms with E-state index in [4.69, 9.17) is 4.52 Å². The number of phenols is 1. The minimum atomic E-state index is -3.70. The summed E-state index contributed by atoms with van der Waals surface area (Å²) >= 11 is 0. The summed E-state index contributed by atoms with van der Waals surface area (Å²) < 4.78 is 28.8. The third-order valence-electron chi connectivity index (χ3n) is 5.22. The van der Waals surface area contributed by atoms with Gasteiger partial charge in [0.15, 0.2) is 15.6 Å². The van der Waals surface area contributed by atoms with Crippen molar-refractivity contribution >= 4 is 15.7 Å². The molecule has 1 amide bonds. The van der Waals surface area contributed by atoms with Crippen LogP contribution in [0.3, 0.4) is 0 Å². The number of nitrogens with zero attached hydrogens (tertiary/aromatic N) is 1. The summed E-state index contributed by atoms with van der Waals surface area (Å²) in [7, 11) is -3.70. The van der Waals surface area contributed by atoms with Gasteiger partial charge in [-0.2, -0.15) is 0 Å². The minimum absolute atomic E-state index is 0.0293. The second-order valence-electron chi connectivity index (χ2n) is 7.62. The molecule has 3 rings (SSSR count). The fraction of sp³-hybridized carbons (Fsp3) is 0.273. The Kier molecular flexibility index (Phi) is 6.47. The topological polar surface area (TPSA) is 130 Å². The molecule has 0 aliphatic rings. The first-order valence-electron chi connectivity index (χ1n) is 9.56. The summed E-state index contributed by atoms with van der Waals surface area (Å²) in [6, 6.07) is 16.7. The summed E-state index contributed by atoms with van der Waals surface area (Å²) in [6.07, 6.45) is -0.440. The Morgan fingerprint density at radius 3 is 2.45 bits per heavy atom. The lowest BCUT2D eigenvalue weighted by molar-refractivity contribution is 0.0928. The molecule has 0 radical (unpaired) electrons. The van der Waals surface area contributed by atoms with Crippen LogP contribution < -0.4 is 5.32 Å². The lowest BCUT2D eigenvalue weighted by Gasteiger charge is -2.29. The first-order valence-corrected chi connectivity index (χ1v) is 11.5. The molecule has 3 aromatic rings. The van der Waals surface area contributed by atoms with E-state index in [0.717, 1.165) is 11.8 Å². The highest BCUT2D eigenvalue weighted by molar-refractivity contribution is 7.92. The third kappa shape index (κ3) is 5.12. The summed E-state index contributed by atoms with van der Waals surface area (Å²) in [4.78, 5) is 12.4. The normalized spacial score (nSPS) is 14.5. The minimum Gasteiger partial charge on any atom is -0.507 e. The fourth-order valence-corrected chi connectivity index (χ4v) is 3.88. The number of sulfone groups is 1. The number of benzene rings is 2. The Labute approximate surface area is 180 Å². The maximum absolute atomic E-state index is 12.5. The smallest absolute Gasteiger partial charge is 0.255 e. The van der Waals surface area contributed by atoms with Crippen LogP contribution in [0.4, 0.5) is 0 Å². The molecule has 2 atom stereocenters. The zero-order chi connectivity index (χ0) is 22.6. The standard InChI is InChI=1S/C22H24N2O6S/c1-22(31(2,28)29,14-23-21(27)16-10-6-7-11-18(16)25)13-19(26)20-12-17(24-30-20)15-8-4-3-5-9-15/h3-12,19,25-26H,13-14H2,1-2H3,(H,23,27). The van der Waals surface area contributed by atoms with Gasteiger partial charge in [-0.15, -0.1) is 0 Å². The summed E-state index contributed by atoms with van der Waals surface area (Å²) in [5.74, 6) is -0.703. The average Bonchev–Trinajstić information content (AvgIpc) is 3.23. The van der Waals surface area contributed by atoms with E-state index >= 15 is 0 Å². The first-order chi connectivity index (χ1) is 14.6. The number of aliphatic hydroxyl groups excluding tert-OH is 1. The molecule has 8 nitrogen and oxygen atoms in total. The first kappa shape index (κ1) is 22.5. The van der Waals surface area contributed by atoms with Crippen LogP contribution >= 0.6 is 0 Å². The van der Waals surface area contributed by atoms with E-state index in [2.05, 4.69) is 10.5 Å². The number of carbonyl (C=O) groups excluding carboxylic acids is 1. The molecule has 0 aliphatic heterocycles. The molecule has 1 aromatic heterocycles. The van der Waals surface area contributed by atoms with Crippen molar-refractivity contribution < 1.29 is 27.9 Å². The molecule has 0 aliphatic carbocycles. The van der Waals surface area contributed by atoms with Crippen LogP contribution in [0.1, 0.15) is 35.6 Å². The molecule has 9 heteroatoms. The number of aromatic nitrogens is 1. The highest BCUT2D eigenvalue weighted by atomic mass is 32.2. The van der Waals surface area contributed by atoms with Gasteiger partial charge >= 0.3 is 0 Å². The van der Waals surface area contributed by atoms with E-state index in [1.807, 2.05) is 30.3 Å². The number of phenolic OH excluding ortho intramolecular Hbond substituents is 1. The van der Waals surface area contributed by atoms with Crippen LogP contribution in [0.5, 0.6) is 5.75 Å². The van der Waals surface area contributed by atoms with Crippen LogP contribution in [-0.2, 0) is 9.84 Å². The molecule has 0 fully saturated rings. The molecule has 2 aromatic carbocycles. The number of aliphatic hydroxyl groups is 1. The van der Waals surface area contributed by atoms with Gasteiger partial charge in [0, 0.05) is 30.9 Å². The largest absolute Gasteiger partial charge is 0.507 e. The number of rotatable bonds is 8. The molecule has 2 unspecified atom stereocenters. The van der Waals surface area contributed by atoms with Crippen LogP contribution in [0.25, 0.3) is 11.3 Å². The Balaban J connectivity index is 1.76. The molecule has 164 valence electrons. The van der Waals surface area contributed by atoms with E-state index in [0.29, 0.717) is 5.69 Å². The lowest BCUT2D eigenvalue weighted by atomic mass is 10.00. The Hall–Kier alpha value is -3.17. The Bertz CT molecular complexity index is 1160. The van der Waals surface area contributed by atoms with Crippen molar-refractivity contribution in [2.24, 2.45) is 0 Å². The van der Waals surface area contributed by atoms with Crippen molar-refractivity contribution in [1.82, 2.24) is 10.5 Å². The molecule has 0 saturated heterocycles. The molecule has 0 saturated carbocycles. The van der Waals surface area contributed by atoms with Gasteiger partial charge in [-0.3, -0.25) is 4.79 Å². The summed E-state index contributed by atoms with van der Waals surface area (Å²) in [6.45, 7) is 1.17. The number of nitrogens with one attached hydrogen (secondary N) is 1. The number of hydrogen-bond acceptors (Lipinski definition) is 7. The molecule has 0 spiro atoms. The van der Waals surface area contributed by atoms with Crippen LogP contribution in [0.15, 0.2) is 65.2 Å². The van der Waals surface area contributed by atoms with Gasteiger partial charge in [0.2, 0.25) is 0 Å². The second-order valence-corrected chi connectivity index (χ2v) is 10.2. The molecular formula is C22H24N2O6S. The highest BCUT2D eigenvalue weighted by Crippen LogP contribution is 2.31. The van der Waals surface area contributed by atoms with Gasteiger partial charge in [-0.05, 0) is 19.1 Å². The number of amides is 1. The quantitative estimate of drug-likeness (QED) is 0.487. The van der Waals surface area contributed by atoms with E-state index < -0.39 is 26.6 Å². The molecule has 3 N–H and O–H groups in total. The highest BCUT2D eigenvalue weighted by Gasteiger charge is 2.39. The summed E-state index contributed by atoms with van der Waals surface area (Å²) in [5, 5.41) is 27.0. The van der Waals surface area contributed by atoms with Crippen molar-refractivity contribution in [3.05, 3.63) is 72.0 Å². The van der Waals surface area contributed by atoms with E-state index in [1.165, 1.54) is 19.1 Å². The second kappa shape index (κ2) is 8.91. The van der Waals surface area contributed by atoms with E-state index in [1.54, 1.807) is 18.2 Å². The lowest BCUT2D eigenvalue weighted by Crippen LogP contribution is -2.47. The van der Waals surface area contributed by atoms with Gasteiger partial charge < -0.3 is 20.1 Å². The van der Waals surface area contributed by atoms with Gasteiger partial charge in [0.05, 0.1) is 10.3 Å². The van der Waals surface area contributed by atoms with Crippen LogP contribution in [-0.4, -0.2) is 47.2 Å². The molecule has 0 bridgehead atoms. The van der Waals surface area contributed by atoms with Crippen LogP contribution in [0, 0.1) is 0 Å². The van der Waals surface area contributed by atoms with Crippen molar-refractivity contribution in [2.45, 2.75) is 24.2 Å². The Morgan fingerprint density at radius 2 is 1.81 bits per heavy atom. The van der Waals surface area contributed by atoms with Gasteiger partial charge in [0.25, 0.3) is 5.91 Å². The number of aromatic hydroxyl groups is 1. The van der Waals surface area contributed by atoms with Gasteiger partial charge in [-0.1, -0.05) is 47.6 Å². The van der Waals surface area contributed by atoms with Gasteiger partial charge in [0.1, 0.15) is 17.5 Å². The zero-order valence-electron chi connectivity index (χ0n) is 17.1. The van der Waals surface area contributed by atoms with Crippen molar-refractivity contribution in [3.63, 3.8) is 0 Å². The van der Waals surface area contributed by atoms with E-state index in [9.17, 15) is 23.4 Å². The summed E-state index contributed by atoms with van der Waals surface area (Å²) in [5.41, 5.74) is 1.34. The molecule has 31 heavy (non-hydrogen) atoms. The predicted molar refractivity (Wildman–Crippen MR) is 115 cm³/mol. The van der Waals surface area contributed by atoms with Crippen molar-refractivity contribution in [1.29, 1.82) is 0 Å². The Morgan fingerprint density at radius 1 is 1.16 bits per heavy atom. The fourth-order valence-electron chi connectivity index (χ4n) is 3.08. The third-order valence-corrected chi connectivity index (χ3v) is 7.32. The zero-order valence-corrected chi connectivity index (χ0v) is 18.0. The van der Waals surface area contributed by atoms with Crippen LogP contribution in [0.2, 0.25) is 0 Å². The van der Waals surface area contributed by atoms with Gasteiger partial charge in [-0.25, -0.2) is 8.42 Å². The average molecular weight is 445 g/mol. The molecular weight excluding hydrogens is 420 g/mol. The monoisotopic (exact) mass is 444 g/mol. The number of para-hydroxylation sites is 1.